The van der Waals surface area contributed by atoms with Crippen LogP contribution in [0.2, 0.25) is 0 Å². The van der Waals surface area contributed by atoms with Crippen molar-refractivity contribution in [3.05, 3.63) is 65.4 Å². The lowest BCUT2D eigenvalue weighted by atomic mass is 10.1. The van der Waals surface area contributed by atoms with Gasteiger partial charge in [-0.05, 0) is 31.5 Å². The Morgan fingerprint density at radius 3 is 2.73 bits per heavy atom. The third kappa shape index (κ3) is 3.69. The molecule has 6 nitrogen and oxygen atoms in total. The first kappa shape index (κ1) is 16.2. The maximum absolute atomic E-state index is 5.41. The fraction of sp³-hybridized carbons (Fsp3) is 0.200. The molecule has 2 N–H and O–H groups in total. The van der Waals surface area contributed by atoms with Gasteiger partial charge in [-0.1, -0.05) is 29.8 Å². The molecule has 0 aliphatic carbocycles. The third-order valence-electron chi connectivity index (χ3n) is 4.03. The van der Waals surface area contributed by atoms with Gasteiger partial charge in [0.1, 0.15) is 5.82 Å². The molecule has 4 rings (SSSR count). The van der Waals surface area contributed by atoms with Gasteiger partial charge in [-0.15, -0.1) is 0 Å². The van der Waals surface area contributed by atoms with Crippen molar-refractivity contribution < 1.29 is 9.47 Å². The van der Waals surface area contributed by atoms with Gasteiger partial charge in [0.25, 0.3) is 0 Å². The lowest BCUT2D eigenvalue weighted by Gasteiger charge is -2.11. The van der Waals surface area contributed by atoms with E-state index in [0.29, 0.717) is 12.5 Å². The Kier molecular flexibility index (Phi) is 4.31. The molecule has 2 aromatic carbocycles. The molecule has 26 heavy (non-hydrogen) atoms. The summed E-state index contributed by atoms with van der Waals surface area (Å²) < 4.78 is 10.8. The topological polar surface area (TPSA) is 68.3 Å². The number of ether oxygens (including phenoxy) is 2. The molecular formula is C20H20N4O2. The van der Waals surface area contributed by atoms with E-state index in [4.69, 9.17) is 9.47 Å². The number of hydrogen-bond acceptors (Lipinski definition) is 6. The Bertz CT molecular complexity index is 943. The van der Waals surface area contributed by atoms with Crippen LogP contribution in [0, 0.1) is 13.8 Å². The molecule has 0 saturated carbocycles. The fourth-order valence-electron chi connectivity index (χ4n) is 2.84. The summed E-state index contributed by atoms with van der Waals surface area (Å²) in [6, 6.07) is 16.0. The van der Waals surface area contributed by atoms with E-state index in [9.17, 15) is 0 Å². The number of benzene rings is 2. The zero-order valence-electron chi connectivity index (χ0n) is 14.7. The van der Waals surface area contributed by atoms with Gasteiger partial charge in [-0.25, -0.2) is 4.98 Å². The molecule has 1 aliphatic rings. The average Bonchev–Trinajstić information content (AvgIpc) is 3.07. The van der Waals surface area contributed by atoms with E-state index in [0.717, 1.165) is 28.7 Å². The summed E-state index contributed by atoms with van der Waals surface area (Å²) >= 11 is 0. The predicted octanol–water partition coefficient (Wildman–Crippen LogP) is 4.18. The van der Waals surface area contributed by atoms with Crippen LogP contribution in [0.5, 0.6) is 11.5 Å². The van der Waals surface area contributed by atoms with Crippen molar-refractivity contribution in [1.29, 1.82) is 0 Å². The maximum Gasteiger partial charge on any atom is 0.231 e. The Labute approximate surface area is 152 Å². The smallest absolute Gasteiger partial charge is 0.231 e. The zero-order valence-corrected chi connectivity index (χ0v) is 14.7. The van der Waals surface area contributed by atoms with Crippen LogP contribution in [0.1, 0.15) is 16.8 Å². The first-order valence-electron chi connectivity index (χ1n) is 8.47. The predicted molar refractivity (Wildman–Crippen MR) is 101 cm³/mol. The summed E-state index contributed by atoms with van der Waals surface area (Å²) in [6.45, 7) is 4.97. The summed E-state index contributed by atoms with van der Waals surface area (Å²) in [5, 5.41) is 6.59. The molecule has 0 bridgehead atoms. The van der Waals surface area contributed by atoms with Crippen LogP contribution in [0.4, 0.5) is 17.5 Å². The second-order valence-corrected chi connectivity index (χ2v) is 6.25. The van der Waals surface area contributed by atoms with Crippen LogP contribution in [0.25, 0.3) is 0 Å². The standard InChI is InChI=1S/C20H20N4O2/c1-13-4-3-5-15(8-13)11-21-20-22-14(2)9-19(24-20)23-16-6-7-17-18(10-16)26-12-25-17/h3-10H,11-12H2,1-2H3,(H2,21,22,23,24). The Hall–Kier alpha value is -3.28. The highest BCUT2D eigenvalue weighted by Crippen LogP contribution is 2.35. The minimum Gasteiger partial charge on any atom is -0.454 e. The zero-order chi connectivity index (χ0) is 17.9. The van der Waals surface area contributed by atoms with Crippen LogP contribution in [-0.2, 0) is 6.54 Å². The Morgan fingerprint density at radius 1 is 0.962 bits per heavy atom. The van der Waals surface area contributed by atoms with Crippen LogP contribution < -0.4 is 20.1 Å². The van der Waals surface area contributed by atoms with E-state index in [1.807, 2.05) is 31.2 Å². The minimum absolute atomic E-state index is 0.262. The molecular weight excluding hydrogens is 328 g/mol. The van der Waals surface area contributed by atoms with Crippen LogP contribution >= 0.6 is 0 Å². The number of anilines is 3. The normalized spacial score (nSPS) is 12.1. The fourth-order valence-corrected chi connectivity index (χ4v) is 2.84. The van der Waals surface area contributed by atoms with Crippen molar-refractivity contribution in [3.8, 4) is 11.5 Å². The van der Waals surface area contributed by atoms with Crippen molar-refractivity contribution >= 4 is 17.5 Å². The molecule has 1 aliphatic heterocycles. The summed E-state index contributed by atoms with van der Waals surface area (Å²) in [5.41, 5.74) is 4.20. The molecule has 132 valence electrons. The molecule has 0 spiro atoms. The van der Waals surface area contributed by atoms with E-state index in [-0.39, 0.29) is 6.79 Å². The number of rotatable bonds is 5. The van der Waals surface area contributed by atoms with Gasteiger partial charge in [-0.3, -0.25) is 0 Å². The number of hydrogen-bond donors (Lipinski definition) is 2. The van der Waals surface area contributed by atoms with E-state index < -0.39 is 0 Å². The van der Waals surface area contributed by atoms with Gasteiger partial charge in [0, 0.05) is 30.1 Å². The van der Waals surface area contributed by atoms with Crippen LogP contribution in [-0.4, -0.2) is 16.8 Å². The van der Waals surface area contributed by atoms with Crippen molar-refractivity contribution in [2.24, 2.45) is 0 Å². The molecule has 0 radical (unpaired) electrons. The summed E-state index contributed by atoms with van der Waals surface area (Å²) in [5.74, 6) is 2.81. The summed E-state index contributed by atoms with van der Waals surface area (Å²) in [4.78, 5) is 9.02. The van der Waals surface area contributed by atoms with Gasteiger partial charge >= 0.3 is 0 Å². The molecule has 0 fully saturated rings. The van der Waals surface area contributed by atoms with Gasteiger partial charge < -0.3 is 20.1 Å². The Balaban J connectivity index is 1.49. The van der Waals surface area contributed by atoms with Crippen LogP contribution in [0.3, 0.4) is 0 Å². The number of fused-ring (bicyclic) bond motifs is 1. The van der Waals surface area contributed by atoms with Crippen molar-refractivity contribution in [3.63, 3.8) is 0 Å². The second kappa shape index (κ2) is 6.92. The summed E-state index contributed by atoms with van der Waals surface area (Å²) in [6.07, 6.45) is 0. The third-order valence-corrected chi connectivity index (χ3v) is 4.03. The molecule has 0 atom stereocenters. The number of nitrogens with zero attached hydrogens (tertiary/aromatic N) is 2. The van der Waals surface area contributed by atoms with E-state index in [1.165, 1.54) is 11.1 Å². The highest BCUT2D eigenvalue weighted by atomic mass is 16.7. The van der Waals surface area contributed by atoms with Crippen molar-refractivity contribution in [1.82, 2.24) is 9.97 Å². The monoisotopic (exact) mass is 348 g/mol. The number of nitrogens with one attached hydrogen (secondary N) is 2. The van der Waals surface area contributed by atoms with Gasteiger partial charge in [-0.2, -0.15) is 4.98 Å². The average molecular weight is 348 g/mol. The molecule has 1 aromatic heterocycles. The molecule has 0 saturated heterocycles. The first-order valence-corrected chi connectivity index (χ1v) is 8.47. The lowest BCUT2D eigenvalue weighted by Crippen LogP contribution is -2.06. The van der Waals surface area contributed by atoms with Gasteiger partial charge in [0.15, 0.2) is 11.5 Å². The lowest BCUT2D eigenvalue weighted by molar-refractivity contribution is 0.174. The van der Waals surface area contributed by atoms with Gasteiger partial charge in [0.2, 0.25) is 12.7 Å². The highest BCUT2D eigenvalue weighted by molar-refractivity contribution is 5.62. The number of aryl methyl sites for hydroxylation is 2. The highest BCUT2D eigenvalue weighted by Gasteiger charge is 2.13. The van der Waals surface area contributed by atoms with Crippen LogP contribution in [0.15, 0.2) is 48.5 Å². The summed E-state index contributed by atoms with van der Waals surface area (Å²) in [7, 11) is 0. The molecule has 2 heterocycles. The number of aromatic nitrogens is 2. The van der Waals surface area contributed by atoms with Crippen molar-refractivity contribution in [2.75, 3.05) is 17.4 Å². The minimum atomic E-state index is 0.262. The van der Waals surface area contributed by atoms with E-state index in [1.54, 1.807) is 0 Å². The largest absolute Gasteiger partial charge is 0.454 e. The molecule has 6 heteroatoms. The SMILES string of the molecule is Cc1cccc(CNc2nc(C)cc(Nc3ccc4c(c3)OCO4)n2)c1. The van der Waals surface area contributed by atoms with Crippen molar-refractivity contribution in [2.45, 2.75) is 20.4 Å². The van der Waals surface area contributed by atoms with Gasteiger partial charge in [0.05, 0.1) is 0 Å². The first-order chi connectivity index (χ1) is 12.7. The van der Waals surface area contributed by atoms with E-state index in [2.05, 4.69) is 51.8 Å². The Morgan fingerprint density at radius 2 is 1.85 bits per heavy atom. The maximum atomic E-state index is 5.41. The molecule has 3 aromatic rings. The molecule has 0 amide bonds. The second-order valence-electron chi connectivity index (χ2n) is 6.25. The van der Waals surface area contributed by atoms with E-state index >= 15 is 0 Å². The molecule has 0 unspecified atom stereocenters. The quantitative estimate of drug-likeness (QED) is 0.721.